The molecule has 74 valence electrons. The molecule has 3 heteroatoms. The molecule has 1 rings (SSSR count). The third-order valence-electron chi connectivity index (χ3n) is 1.82. The van der Waals surface area contributed by atoms with Crippen LogP contribution < -0.4 is 4.74 Å². The van der Waals surface area contributed by atoms with Crippen molar-refractivity contribution in [3.05, 3.63) is 29.8 Å². The molecule has 0 aromatic heterocycles. The van der Waals surface area contributed by atoms with Gasteiger partial charge in [0.2, 0.25) is 0 Å². The van der Waals surface area contributed by atoms with Crippen LogP contribution in [0.4, 0.5) is 0 Å². The SMILES string of the molecule is COc1ccccc1C(=O)CC(C)=O. The fraction of sp³-hybridized carbons (Fsp3) is 0.273. The lowest BCUT2D eigenvalue weighted by atomic mass is 10.1. The molecule has 14 heavy (non-hydrogen) atoms. The molecule has 0 atom stereocenters. The van der Waals surface area contributed by atoms with Crippen LogP contribution in [0.2, 0.25) is 0 Å². The van der Waals surface area contributed by atoms with Gasteiger partial charge in [0.25, 0.3) is 0 Å². The number of Topliss-reactive ketones (excluding diaryl/α,β-unsaturated/α-hetero) is 2. The zero-order valence-electron chi connectivity index (χ0n) is 8.24. The standard InChI is InChI=1S/C11H12O3/c1-8(12)7-10(13)9-5-3-4-6-11(9)14-2/h3-6H,7H2,1-2H3. The maximum Gasteiger partial charge on any atom is 0.173 e. The average molecular weight is 192 g/mol. The highest BCUT2D eigenvalue weighted by Gasteiger charge is 2.12. The summed E-state index contributed by atoms with van der Waals surface area (Å²) < 4.78 is 5.02. The number of carbonyl (C=O) groups excluding carboxylic acids is 2. The van der Waals surface area contributed by atoms with Gasteiger partial charge in [0, 0.05) is 0 Å². The molecule has 3 nitrogen and oxygen atoms in total. The molecule has 1 aromatic carbocycles. The molecular formula is C11H12O3. The third kappa shape index (κ3) is 2.42. The molecule has 0 aliphatic carbocycles. The topological polar surface area (TPSA) is 43.4 Å². The van der Waals surface area contributed by atoms with E-state index in [9.17, 15) is 9.59 Å². The summed E-state index contributed by atoms with van der Waals surface area (Å²) in [4.78, 5) is 22.3. The molecule has 0 unspecified atom stereocenters. The minimum Gasteiger partial charge on any atom is -0.496 e. The molecule has 0 saturated carbocycles. The molecule has 0 spiro atoms. The quantitative estimate of drug-likeness (QED) is 0.540. The first-order chi connectivity index (χ1) is 6.65. The summed E-state index contributed by atoms with van der Waals surface area (Å²) in [6.45, 7) is 1.40. The normalized spacial score (nSPS) is 9.57. The van der Waals surface area contributed by atoms with E-state index in [1.165, 1.54) is 14.0 Å². The van der Waals surface area contributed by atoms with E-state index in [4.69, 9.17) is 4.74 Å². The zero-order chi connectivity index (χ0) is 10.6. The van der Waals surface area contributed by atoms with Crippen molar-refractivity contribution in [3.63, 3.8) is 0 Å². The Morgan fingerprint density at radius 2 is 1.93 bits per heavy atom. The summed E-state index contributed by atoms with van der Waals surface area (Å²) in [6, 6.07) is 6.89. The maximum absolute atomic E-state index is 11.5. The van der Waals surface area contributed by atoms with Crippen molar-refractivity contribution in [1.82, 2.24) is 0 Å². The molecule has 0 aliphatic rings. The van der Waals surface area contributed by atoms with Crippen molar-refractivity contribution in [3.8, 4) is 5.75 Å². The summed E-state index contributed by atoms with van der Waals surface area (Å²) in [5.41, 5.74) is 0.463. The van der Waals surface area contributed by atoms with Gasteiger partial charge >= 0.3 is 0 Å². The highest BCUT2D eigenvalue weighted by atomic mass is 16.5. The van der Waals surface area contributed by atoms with Crippen LogP contribution >= 0.6 is 0 Å². The van der Waals surface area contributed by atoms with Crippen molar-refractivity contribution in [1.29, 1.82) is 0 Å². The van der Waals surface area contributed by atoms with Gasteiger partial charge in [-0.15, -0.1) is 0 Å². The third-order valence-corrected chi connectivity index (χ3v) is 1.82. The lowest BCUT2D eigenvalue weighted by molar-refractivity contribution is -0.116. The second-order valence-electron chi connectivity index (χ2n) is 3.00. The van der Waals surface area contributed by atoms with Crippen LogP contribution in [-0.2, 0) is 4.79 Å². The van der Waals surface area contributed by atoms with E-state index < -0.39 is 0 Å². The smallest absolute Gasteiger partial charge is 0.173 e. The number of ketones is 2. The lowest BCUT2D eigenvalue weighted by Crippen LogP contribution is -2.06. The van der Waals surface area contributed by atoms with Crippen LogP contribution in [-0.4, -0.2) is 18.7 Å². The van der Waals surface area contributed by atoms with E-state index >= 15 is 0 Å². The molecule has 0 N–H and O–H groups in total. The van der Waals surface area contributed by atoms with E-state index in [1.54, 1.807) is 24.3 Å². The minimum atomic E-state index is -0.199. The van der Waals surface area contributed by atoms with Crippen LogP contribution in [0, 0.1) is 0 Å². The van der Waals surface area contributed by atoms with Crippen molar-refractivity contribution in [2.24, 2.45) is 0 Å². The Morgan fingerprint density at radius 1 is 1.29 bits per heavy atom. The molecule has 0 aliphatic heterocycles. The molecular weight excluding hydrogens is 180 g/mol. The first-order valence-electron chi connectivity index (χ1n) is 4.31. The Balaban J connectivity index is 2.94. The predicted octanol–water partition coefficient (Wildman–Crippen LogP) is 1.86. The van der Waals surface area contributed by atoms with Gasteiger partial charge in [-0.1, -0.05) is 12.1 Å². The first kappa shape index (κ1) is 10.4. The van der Waals surface area contributed by atoms with E-state index in [0.717, 1.165) is 0 Å². The van der Waals surface area contributed by atoms with Crippen LogP contribution in [0.1, 0.15) is 23.7 Å². The van der Waals surface area contributed by atoms with Crippen molar-refractivity contribution < 1.29 is 14.3 Å². The molecule has 0 amide bonds. The van der Waals surface area contributed by atoms with E-state index in [2.05, 4.69) is 0 Å². The monoisotopic (exact) mass is 192 g/mol. The van der Waals surface area contributed by atoms with Gasteiger partial charge in [0.15, 0.2) is 5.78 Å². The number of hydrogen-bond acceptors (Lipinski definition) is 3. The maximum atomic E-state index is 11.5. The van der Waals surface area contributed by atoms with Gasteiger partial charge in [-0.05, 0) is 19.1 Å². The van der Waals surface area contributed by atoms with Crippen molar-refractivity contribution >= 4 is 11.6 Å². The largest absolute Gasteiger partial charge is 0.496 e. The Bertz CT molecular complexity index is 355. The number of ether oxygens (including phenoxy) is 1. The minimum absolute atomic E-state index is 0.0691. The number of hydrogen-bond donors (Lipinski definition) is 0. The Morgan fingerprint density at radius 3 is 2.50 bits per heavy atom. The molecule has 0 fully saturated rings. The van der Waals surface area contributed by atoms with Gasteiger partial charge in [0.05, 0.1) is 19.1 Å². The van der Waals surface area contributed by atoms with Gasteiger partial charge in [-0.2, -0.15) is 0 Å². The van der Waals surface area contributed by atoms with E-state index in [1.807, 2.05) is 0 Å². The highest BCUT2D eigenvalue weighted by molar-refractivity contribution is 6.08. The molecule has 0 saturated heterocycles. The average Bonchev–Trinajstić information content (AvgIpc) is 2.16. The summed E-state index contributed by atoms with van der Waals surface area (Å²) in [7, 11) is 1.50. The van der Waals surface area contributed by atoms with Gasteiger partial charge in [0.1, 0.15) is 11.5 Å². The fourth-order valence-electron chi connectivity index (χ4n) is 1.20. The van der Waals surface area contributed by atoms with Crippen LogP contribution in [0.25, 0.3) is 0 Å². The van der Waals surface area contributed by atoms with Gasteiger partial charge < -0.3 is 4.74 Å². The molecule has 1 aromatic rings. The van der Waals surface area contributed by atoms with Gasteiger partial charge in [-0.25, -0.2) is 0 Å². The summed E-state index contributed by atoms with van der Waals surface area (Å²) in [5.74, 6) is 0.176. The van der Waals surface area contributed by atoms with Crippen LogP contribution in [0.15, 0.2) is 24.3 Å². The number of benzene rings is 1. The molecule has 0 radical (unpaired) electrons. The predicted molar refractivity (Wildman–Crippen MR) is 52.6 cm³/mol. The lowest BCUT2D eigenvalue weighted by Gasteiger charge is -2.05. The second kappa shape index (κ2) is 4.56. The number of carbonyl (C=O) groups is 2. The summed E-state index contributed by atoms with van der Waals surface area (Å²) >= 11 is 0. The number of para-hydroxylation sites is 1. The highest BCUT2D eigenvalue weighted by Crippen LogP contribution is 2.18. The van der Waals surface area contributed by atoms with E-state index in [-0.39, 0.29) is 18.0 Å². The summed E-state index contributed by atoms with van der Waals surface area (Å²) in [5, 5.41) is 0. The van der Waals surface area contributed by atoms with Crippen LogP contribution in [0.5, 0.6) is 5.75 Å². The Labute approximate surface area is 82.7 Å². The van der Waals surface area contributed by atoms with Crippen molar-refractivity contribution in [2.75, 3.05) is 7.11 Å². The second-order valence-corrected chi connectivity index (χ2v) is 3.00. The fourth-order valence-corrected chi connectivity index (χ4v) is 1.20. The Hall–Kier alpha value is -1.64. The number of methoxy groups -OCH3 is 1. The Kier molecular flexibility index (Phi) is 3.40. The molecule has 0 bridgehead atoms. The van der Waals surface area contributed by atoms with Gasteiger partial charge in [-0.3, -0.25) is 9.59 Å². The van der Waals surface area contributed by atoms with E-state index in [0.29, 0.717) is 11.3 Å². The van der Waals surface area contributed by atoms with Crippen LogP contribution in [0.3, 0.4) is 0 Å². The van der Waals surface area contributed by atoms with Crippen molar-refractivity contribution in [2.45, 2.75) is 13.3 Å². The molecule has 0 heterocycles. The summed E-state index contributed by atoms with van der Waals surface area (Å²) in [6.07, 6.45) is -0.0691. The zero-order valence-corrected chi connectivity index (χ0v) is 8.24. The first-order valence-corrected chi connectivity index (χ1v) is 4.31. The number of rotatable bonds is 4.